The molecule has 1 saturated heterocycles. The Morgan fingerprint density at radius 3 is 2.87 bits per heavy atom. The monoisotopic (exact) mass is 228 g/mol. The van der Waals surface area contributed by atoms with Crippen molar-refractivity contribution in [2.45, 2.75) is 37.5 Å². The number of thioether (sulfide) groups is 1. The molecule has 0 spiro atoms. The Bertz CT molecular complexity index is 283. The third-order valence-corrected chi connectivity index (χ3v) is 4.25. The fraction of sp³-hybridized carbons (Fsp3) is 0.800. The van der Waals surface area contributed by atoms with Crippen LogP contribution in [0.15, 0.2) is 0 Å². The molecule has 1 aliphatic carbocycles. The highest BCUT2D eigenvalue weighted by Gasteiger charge is 2.36. The normalized spacial score (nSPS) is 31.1. The first kappa shape index (κ1) is 10.8. The molecular weight excluding hydrogens is 212 g/mol. The van der Waals surface area contributed by atoms with Crippen LogP contribution in [0.25, 0.3) is 0 Å². The Labute approximate surface area is 93.8 Å². The summed E-state index contributed by atoms with van der Waals surface area (Å²) in [6, 6.07) is 0.0765. The van der Waals surface area contributed by atoms with Gasteiger partial charge in [0.15, 0.2) is 0 Å². The first-order valence-electron chi connectivity index (χ1n) is 5.42. The molecule has 2 fully saturated rings. The van der Waals surface area contributed by atoms with Crippen molar-refractivity contribution in [3.63, 3.8) is 0 Å². The zero-order valence-corrected chi connectivity index (χ0v) is 9.68. The van der Waals surface area contributed by atoms with Crippen LogP contribution in [0.3, 0.4) is 0 Å². The van der Waals surface area contributed by atoms with Gasteiger partial charge in [-0.2, -0.15) is 11.8 Å². The standard InChI is InChI=1S/C10H16N2O2S/c1-2-15-8-4-3-7(5-8)12-6-9(13)11-10(12)14/h7-8H,2-6H2,1H3,(H,11,13,14). The Hall–Kier alpha value is -0.710. The summed E-state index contributed by atoms with van der Waals surface area (Å²) in [6.45, 7) is 2.41. The number of imide groups is 1. The van der Waals surface area contributed by atoms with Crippen LogP contribution in [-0.4, -0.2) is 40.4 Å². The van der Waals surface area contributed by atoms with E-state index in [0.29, 0.717) is 5.25 Å². The Balaban J connectivity index is 1.90. The SMILES string of the molecule is CCSC1CCC(N2CC(=O)NC2=O)C1. The summed E-state index contributed by atoms with van der Waals surface area (Å²) >= 11 is 1.96. The first-order valence-corrected chi connectivity index (χ1v) is 6.47. The van der Waals surface area contributed by atoms with Gasteiger partial charge in [0.25, 0.3) is 0 Å². The minimum absolute atomic E-state index is 0.161. The maximum Gasteiger partial charge on any atom is 0.324 e. The number of nitrogens with one attached hydrogen (secondary N) is 1. The zero-order valence-electron chi connectivity index (χ0n) is 8.86. The molecule has 3 amide bonds. The van der Waals surface area contributed by atoms with Crippen LogP contribution in [0.5, 0.6) is 0 Å². The number of nitrogens with zero attached hydrogens (tertiary/aromatic N) is 1. The molecule has 1 N–H and O–H groups in total. The van der Waals surface area contributed by atoms with E-state index in [1.807, 2.05) is 11.8 Å². The average molecular weight is 228 g/mol. The molecule has 0 bridgehead atoms. The Kier molecular flexibility index (Phi) is 3.19. The number of urea groups is 1. The van der Waals surface area contributed by atoms with Gasteiger partial charge in [0.05, 0.1) is 0 Å². The molecular formula is C10H16N2O2S. The molecule has 0 aromatic heterocycles. The van der Waals surface area contributed by atoms with E-state index in [4.69, 9.17) is 0 Å². The predicted octanol–water partition coefficient (Wildman–Crippen LogP) is 1.21. The van der Waals surface area contributed by atoms with Gasteiger partial charge in [-0.25, -0.2) is 4.79 Å². The van der Waals surface area contributed by atoms with E-state index in [2.05, 4.69) is 12.2 Å². The van der Waals surface area contributed by atoms with Crippen LogP contribution < -0.4 is 5.32 Å². The number of hydrogen-bond donors (Lipinski definition) is 1. The number of carbonyl (C=O) groups is 2. The third kappa shape index (κ3) is 2.27. The summed E-state index contributed by atoms with van der Waals surface area (Å²) in [5.41, 5.74) is 0. The highest BCUT2D eigenvalue weighted by Crippen LogP contribution is 2.33. The van der Waals surface area contributed by atoms with Crippen molar-refractivity contribution in [2.75, 3.05) is 12.3 Å². The second-order valence-corrected chi connectivity index (χ2v) is 5.60. The number of carbonyl (C=O) groups excluding carboxylic acids is 2. The average Bonchev–Trinajstić information content (AvgIpc) is 2.73. The number of amides is 3. The summed E-state index contributed by atoms with van der Waals surface area (Å²) in [5.74, 6) is 0.967. The fourth-order valence-electron chi connectivity index (χ4n) is 2.34. The second kappa shape index (κ2) is 4.43. The fourth-order valence-corrected chi connectivity index (χ4v) is 3.47. The maximum absolute atomic E-state index is 11.4. The lowest BCUT2D eigenvalue weighted by Gasteiger charge is -2.21. The maximum atomic E-state index is 11.4. The van der Waals surface area contributed by atoms with E-state index in [1.165, 1.54) is 6.42 Å². The van der Waals surface area contributed by atoms with Crippen LogP contribution in [-0.2, 0) is 4.79 Å². The van der Waals surface area contributed by atoms with Crippen molar-refractivity contribution >= 4 is 23.7 Å². The van der Waals surface area contributed by atoms with Gasteiger partial charge in [-0.15, -0.1) is 0 Å². The van der Waals surface area contributed by atoms with Crippen LogP contribution >= 0.6 is 11.8 Å². The van der Waals surface area contributed by atoms with E-state index in [0.717, 1.165) is 18.6 Å². The Morgan fingerprint density at radius 2 is 2.27 bits per heavy atom. The van der Waals surface area contributed by atoms with Crippen LogP contribution in [0.2, 0.25) is 0 Å². The van der Waals surface area contributed by atoms with E-state index in [9.17, 15) is 9.59 Å². The van der Waals surface area contributed by atoms with Gasteiger partial charge in [0.1, 0.15) is 6.54 Å². The van der Waals surface area contributed by atoms with Crippen molar-refractivity contribution < 1.29 is 9.59 Å². The first-order chi connectivity index (χ1) is 7.20. The lowest BCUT2D eigenvalue weighted by Crippen LogP contribution is -2.36. The highest BCUT2D eigenvalue weighted by atomic mass is 32.2. The molecule has 1 aliphatic heterocycles. The Morgan fingerprint density at radius 1 is 1.47 bits per heavy atom. The van der Waals surface area contributed by atoms with Gasteiger partial charge < -0.3 is 4.90 Å². The topological polar surface area (TPSA) is 49.4 Å². The van der Waals surface area contributed by atoms with Gasteiger partial charge in [0, 0.05) is 11.3 Å². The molecule has 15 heavy (non-hydrogen) atoms. The van der Waals surface area contributed by atoms with Crippen LogP contribution in [0, 0.1) is 0 Å². The molecule has 2 atom stereocenters. The molecule has 2 aliphatic rings. The molecule has 1 heterocycles. The van der Waals surface area contributed by atoms with Crippen LogP contribution in [0.4, 0.5) is 4.79 Å². The number of rotatable bonds is 3. The van der Waals surface area contributed by atoms with Gasteiger partial charge >= 0.3 is 6.03 Å². The highest BCUT2D eigenvalue weighted by molar-refractivity contribution is 7.99. The van der Waals surface area contributed by atoms with Crippen LogP contribution in [0.1, 0.15) is 26.2 Å². The predicted molar refractivity (Wildman–Crippen MR) is 59.8 cm³/mol. The lowest BCUT2D eigenvalue weighted by atomic mass is 10.2. The van der Waals surface area contributed by atoms with E-state index in [1.54, 1.807) is 4.90 Å². The van der Waals surface area contributed by atoms with Gasteiger partial charge in [-0.1, -0.05) is 6.92 Å². The summed E-state index contributed by atoms with van der Waals surface area (Å²) in [7, 11) is 0. The van der Waals surface area contributed by atoms with Gasteiger partial charge in [-0.05, 0) is 25.0 Å². The third-order valence-electron chi connectivity index (χ3n) is 3.02. The molecule has 0 aromatic carbocycles. The van der Waals surface area contributed by atoms with Crippen molar-refractivity contribution in [3.8, 4) is 0 Å². The molecule has 84 valence electrons. The van der Waals surface area contributed by atoms with E-state index >= 15 is 0 Å². The molecule has 2 unspecified atom stereocenters. The summed E-state index contributed by atoms with van der Waals surface area (Å²) in [5, 5.41) is 3.00. The smallest absolute Gasteiger partial charge is 0.312 e. The minimum Gasteiger partial charge on any atom is -0.312 e. The minimum atomic E-state index is -0.202. The van der Waals surface area contributed by atoms with Crippen molar-refractivity contribution in [3.05, 3.63) is 0 Å². The summed E-state index contributed by atoms with van der Waals surface area (Å²) in [4.78, 5) is 24.2. The van der Waals surface area contributed by atoms with Crippen molar-refractivity contribution in [1.29, 1.82) is 0 Å². The van der Waals surface area contributed by atoms with Crippen molar-refractivity contribution in [2.24, 2.45) is 0 Å². The molecule has 5 heteroatoms. The lowest BCUT2D eigenvalue weighted by molar-refractivity contribution is -0.118. The number of hydrogen-bond acceptors (Lipinski definition) is 3. The van der Waals surface area contributed by atoms with Gasteiger partial charge in [-0.3, -0.25) is 10.1 Å². The molecule has 2 rings (SSSR count). The molecule has 0 radical (unpaired) electrons. The van der Waals surface area contributed by atoms with E-state index in [-0.39, 0.29) is 24.5 Å². The van der Waals surface area contributed by atoms with Crippen molar-refractivity contribution in [1.82, 2.24) is 10.2 Å². The van der Waals surface area contributed by atoms with Gasteiger partial charge in [0.2, 0.25) is 5.91 Å². The zero-order chi connectivity index (χ0) is 10.8. The largest absolute Gasteiger partial charge is 0.324 e. The molecule has 4 nitrogen and oxygen atoms in total. The molecule has 0 aromatic rings. The summed E-state index contributed by atoms with van der Waals surface area (Å²) in [6.07, 6.45) is 3.25. The summed E-state index contributed by atoms with van der Waals surface area (Å²) < 4.78 is 0. The molecule has 1 saturated carbocycles. The second-order valence-electron chi connectivity index (χ2n) is 4.03. The quantitative estimate of drug-likeness (QED) is 0.739. The van der Waals surface area contributed by atoms with E-state index < -0.39 is 0 Å².